The second kappa shape index (κ2) is 5.66. The van der Waals surface area contributed by atoms with Crippen LogP contribution in [0.25, 0.3) is 0 Å². The summed E-state index contributed by atoms with van der Waals surface area (Å²) in [5.74, 6) is 0.175. The summed E-state index contributed by atoms with van der Waals surface area (Å²) in [5, 5.41) is 0. The van der Waals surface area contributed by atoms with Crippen LogP contribution >= 0.6 is 0 Å². The molecule has 4 heteroatoms. The van der Waals surface area contributed by atoms with Crippen LogP contribution in [0.1, 0.15) is 18.8 Å². The highest BCUT2D eigenvalue weighted by Gasteiger charge is 2.44. The number of fused-ring (bicyclic) bond motifs is 1. The Morgan fingerprint density at radius 1 is 1.20 bits per heavy atom. The Morgan fingerprint density at radius 3 is 2.65 bits per heavy atom. The van der Waals surface area contributed by atoms with Crippen LogP contribution in [0.4, 0.5) is 0 Å². The minimum Gasteiger partial charge on any atom is -0.352 e. The van der Waals surface area contributed by atoms with Crippen LogP contribution < -0.4 is 0 Å². The van der Waals surface area contributed by atoms with Gasteiger partial charge in [0.1, 0.15) is 6.10 Å². The molecule has 0 spiro atoms. The van der Waals surface area contributed by atoms with E-state index in [0.717, 1.165) is 11.1 Å². The molecule has 20 heavy (non-hydrogen) atoms. The SMILES string of the molecule is C=C1C(OC)OC2COC(c3ccccc3)OC2C1C. The smallest absolute Gasteiger partial charge is 0.184 e. The maximum atomic E-state index is 6.09. The van der Waals surface area contributed by atoms with E-state index in [4.69, 9.17) is 18.9 Å². The van der Waals surface area contributed by atoms with Gasteiger partial charge in [0.05, 0.1) is 12.7 Å². The summed E-state index contributed by atoms with van der Waals surface area (Å²) in [6, 6.07) is 9.95. The molecule has 0 bridgehead atoms. The highest BCUT2D eigenvalue weighted by molar-refractivity contribution is 5.17. The van der Waals surface area contributed by atoms with Crippen molar-refractivity contribution in [1.82, 2.24) is 0 Å². The summed E-state index contributed by atoms with van der Waals surface area (Å²) < 4.78 is 23.0. The summed E-state index contributed by atoms with van der Waals surface area (Å²) in [7, 11) is 1.63. The van der Waals surface area contributed by atoms with Crippen LogP contribution in [0.3, 0.4) is 0 Å². The highest BCUT2D eigenvalue weighted by Crippen LogP contribution is 2.38. The Kier molecular flexibility index (Phi) is 3.89. The molecular weight excluding hydrogens is 256 g/mol. The standard InChI is InChI=1S/C16H20O4/c1-10-11(2)15(17-3)19-13-9-18-16(20-14(10)13)12-7-5-4-6-8-12/h4-8,10,13-16H,2,9H2,1,3H3. The molecule has 5 atom stereocenters. The molecule has 5 unspecified atom stereocenters. The molecule has 0 saturated carbocycles. The van der Waals surface area contributed by atoms with Gasteiger partial charge < -0.3 is 18.9 Å². The third-order valence-corrected chi connectivity index (χ3v) is 4.02. The van der Waals surface area contributed by atoms with Crippen molar-refractivity contribution in [3.63, 3.8) is 0 Å². The molecule has 2 fully saturated rings. The fraction of sp³-hybridized carbons (Fsp3) is 0.500. The molecule has 3 rings (SSSR count). The van der Waals surface area contributed by atoms with Crippen LogP contribution in [-0.2, 0) is 18.9 Å². The number of methoxy groups -OCH3 is 1. The lowest BCUT2D eigenvalue weighted by atomic mass is 9.89. The van der Waals surface area contributed by atoms with Crippen LogP contribution in [0.2, 0.25) is 0 Å². The van der Waals surface area contributed by atoms with E-state index in [-0.39, 0.29) is 30.7 Å². The van der Waals surface area contributed by atoms with Crippen LogP contribution in [0, 0.1) is 5.92 Å². The fourth-order valence-corrected chi connectivity index (χ4v) is 2.77. The Morgan fingerprint density at radius 2 is 1.95 bits per heavy atom. The molecule has 4 nitrogen and oxygen atoms in total. The maximum Gasteiger partial charge on any atom is 0.184 e. The molecule has 0 N–H and O–H groups in total. The van der Waals surface area contributed by atoms with E-state index >= 15 is 0 Å². The highest BCUT2D eigenvalue weighted by atomic mass is 16.7. The van der Waals surface area contributed by atoms with Crippen molar-refractivity contribution >= 4 is 0 Å². The third-order valence-electron chi connectivity index (χ3n) is 4.02. The first-order chi connectivity index (χ1) is 9.70. The quantitative estimate of drug-likeness (QED) is 0.778. The van der Waals surface area contributed by atoms with E-state index in [2.05, 4.69) is 13.5 Å². The molecule has 108 valence electrons. The predicted molar refractivity (Wildman–Crippen MR) is 74.0 cm³/mol. The summed E-state index contributed by atoms with van der Waals surface area (Å²) in [4.78, 5) is 0. The van der Waals surface area contributed by atoms with E-state index in [1.165, 1.54) is 0 Å². The van der Waals surface area contributed by atoms with Crippen molar-refractivity contribution in [2.75, 3.05) is 13.7 Å². The van der Waals surface area contributed by atoms with E-state index in [1.807, 2.05) is 30.3 Å². The largest absolute Gasteiger partial charge is 0.352 e. The molecule has 0 amide bonds. The Labute approximate surface area is 119 Å². The molecule has 2 aliphatic heterocycles. The summed E-state index contributed by atoms with van der Waals surface area (Å²) in [5.41, 5.74) is 1.94. The van der Waals surface area contributed by atoms with Crippen molar-refractivity contribution in [1.29, 1.82) is 0 Å². The van der Waals surface area contributed by atoms with E-state index < -0.39 is 0 Å². The average Bonchev–Trinajstić information content (AvgIpc) is 2.51. The van der Waals surface area contributed by atoms with Crippen molar-refractivity contribution in [2.24, 2.45) is 5.92 Å². The van der Waals surface area contributed by atoms with Crippen molar-refractivity contribution in [2.45, 2.75) is 31.7 Å². The maximum absolute atomic E-state index is 6.09. The van der Waals surface area contributed by atoms with Gasteiger partial charge in [-0.25, -0.2) is 0 Å². The van der Waals surface area contributed by atoms with Gasteiger partial charge >= 0.3 is 0 Å². The zero-order chi connectivity index (χ0) is 14.1. The zero-order valence-electron chi connectivity index (χ0n) is 11.8. The molecule has 2 aliphatic rings. The molecule has 1 aromatic carbocycles. The van der Waals surface area contributed by atoms with E-state index in [0.29, 0.717) is 6.61 Å². The van der Waals surface area contributed by atoms with E-state index in [1.54, 1.807) is 7.11 Å². The Bertz CT molecular complexity index is 473. The summed E-state index contributed by atoms with van der Waals surface area (Å²) in [6.45, 7) is 6.67. The molecule has 0 aromatic heterocycles. The second-order valence-corrected chi connectivity index (χ2v) is 5.28. The van der Waals surface area contributed by atoms with Gasteiger partial charge in [0, 0.05) is 18.6 Å². The van der Waals surface area contributed by atoms with Gasteiger partial charge in [-0.1, -0.05) is 43.8 Å². The van der Waals surface area contributed by atoms with Crippen molar-refractivity contribution in [3.8, 4) is 0 Å². The lowest BCUT2D eigenvalue weighted by molar-refractivity contribution is -0.310. The number of hydrogen-bond donors (Lipinski definition) is 0. The van der Waals surface area contributed by atoms with Gasteiger partial charge in [0.2, 0.25) is 0 Å². The minimum atomic E-state index is -0.369. The number of hydrogen-bond acceptors (Lipinski definition) is 4. The second-order valence-electron chi connectivity index (χ2n) is 5.28. The lowest BCUT2D eigenvalue weighted by Crippen LogP contribution is -2.53. The van der Waals surface area contributed by atoms with Crippen LogP contribution in [-0.4, -0.2) is 32.2 Å². The number of rotatable bonds is 2. The van der Waals surface area contributed by atoms with Crippen molar-refractivity contribution < 1.29 is 18.9 Å². The van der Waals surface area contributed by atoms with Crippen LogP contribution in [0.15, 0.2) is 42.5 Å². The molecule has 0 aliphatic carbocycles. The predicted octanol–water partition coefficient (Wildman–Crippen LogP) is 2.66. The minimum absolute atomic E-state index is 0.0483. The molecule has 0 radical (unpaired) electrons. The van der Waals surface area contributed by atoms with E-state index in [9.17, 15) is 0 Å². The average molecular weight is 276 g/mol. The van der Waals surface area contributed by atoms with Gasteiger partial charge in [-0.2, -0.15) is 0 Å². The topological polar surface area (TPSA) is 36.9 Å². The molecule has 1 aromatic rings. The van der Waals surface area contributed by atoms with Gasteiger partial charge in [0.15, 0.2) is 12.6 Å². The van der Waals surface area contributed by atoms with Gasteiger partial charge in [0.25, 0.3) is 0 Å². The first-order valence-electron chi connectivity index (χ1n) is 6.89. The Balaban J connectivity index is 1.76. The van der Waals surface area contributed by atoms with Crippen LogP contribution in [0.5, 0.6) is 0 Å². The van der Waals surface area contributed by atoms with Gasteiger partial charge in [-0.15, -0.1) is 0 Å². The fourth-order valence-electron chi connectivity index (χ4n) is 2.77. The first kappa shape index (κ1) is 13.8. The van der Waals surface area contributed by atoms with Gasteiger partial charge in [-0.3, -0.25) is 0 Å². The van der Waals surface area contributed by atoms with Gasteiger partial charge in [-0.05, 0) is 5.57 Å². The molecule has 2 heterocycles. The summed E-state index contributed by atoms with van der Waals surface area (Å²) >= 11 is 0. The third kappa shape index (κ3) is 2.40. The lowest BCUT2D eigenvalue weighted by Gasteiger charge is -2.45. The number of benzene rings is 1. The van der Waals surface area contributed by atoms with Crippen molar-refractivity contribution in [3.05, 3.63) is 48.0 Å². The zero-order valence-corrected chi connectivity index (χ0v) is 11.8. The molecular formula is C16H20O4. The monoisotopic (exact) mass is 276 g/mol. The summed E-state index contributed by atoms with van der Waals surface area (Å²) in [6.07, 6.45) is -0.865. The number of ether oxygens (including phenoxy) is 4. The first-order valence-corrected chi connectivity index (χ1v) is 6.89. The molecule has 2 saturated heterocycles. The normalized spacial score (nSPS) is 37.5. The Hall–Kier alpha value is -1.20.